The van der Waals surface area contributed by atoms with E-state index in [1.54, 1.807) is 0 Å². The summed E-state index contributed by atoms with van der Waals surface area (Å²) < 4.78 is 31.7. The van der Waals surface area contributed by atoms with Gasteiger partial charge in [-0.25, -0.2) is 10.2 Å². The lowest BCUT2D eigenvalue weighted by Crippen LogP contribution is -2.48. The summed E-state index contributed by atoms with van der Waals surface area (Å²) in [6, 6.07) is 10.4. The second-order valence-corrected chi connectivity index (χ2v) is 7.16. The standard InChI is InChI=1S/C18H24N4O2.C2HF3O2/c23-17-8-6-16(19-20-17)7-9-18(24)22-12-10-21(11-13-22)14-15-4-2-1-3-5-15;3-2(4,5)1(6)7/h1-5H,6-14H2,(H,20,23);(H,6,7). The van der Waals surface area contributed by atoms with Crippen molar-refractivity contribution in [1.82, 2.24) is 15.2 Å². The number of carboxylic acid groups (broad SMARTS) is 1. The van der Waals surface area contributed by atoms with Crippen molar-refractivity contribution in [3.8, 4) is 0 Å². The molecular weight excluding hydrogens is 417 g/mol. The molecule has 2 amide bonds. The number of amides is 2. The molecule has 1 aromatic rings. The van der Waals surface area contributed by atoms with Crippen molar-refractivity contribution in [2.24, 2.45) is 5.10 Å². The zero-order valence-electron chi connectivity index (χ0n) is 16.9. The molecule has 3 rings (SSSR count). The molecule has 0 aliphatic carbocycles. The van der Waals surface area contributed by atoms with Crippen LogP contribution in [-0.2, 0) is 20.9 Å². The van der Waals surface area contributed by atoms with Crippen LogP contribution in [0.1, 0.15) is 31.2 Å². The Morgan fingerprint density at radius 3 is 2.19 bits per heavy atom. The van der Waals surface area contributed by atoms with Crippen molar-refractivity contribution in [3.63, 3.8) is 0 Å². The molecule has 0 unspecified atom stereocenters. The molecule has 0 spiro atoms. The number of carbonyl (C=O) groups excluding carboxylic acids is 2. The van der Waals surface area contributed by atoms with E-state index in [9.17, 15) is 22.8 Å². The van der Waals surface area contributed by atoms with Gasteiger partial charge in [0, 0.05) is 51.3 Å². The maximum Gasteiger partial charge on any atom is 0.490 e. The lowest BCUT2D eigenvalue weighted by atomic mass is 10.1. The van der Waals surface area contributed by atoms with Crippen LogP contribution in [0.15, 0.2) is 35.4 Å². The summed E-state index contributed by atoms with van der Waals surface area (Å²) >= 11 is 0. The monoisotopic (exact) mass is 442 g/mol. The van der Waals surface area contributed by atoms with Crippen LogP contribution in [0.2, 0.25) is 0 Å². The fraction of sp³-hybridized carbons (Fsp3) is 0.500. The second kappa shape index (κ2) is 11.4. The van der Waals surface area contributed by atoms with E-state index in [4.69, 9.17) is 9.90 Å². The average molecular weight is 442 g/mol. The number of hydrogen-bond acceptors (Lipinski definition) is 5. The van der Waals surface area contributed by atoms with Crippen molar-refractivity contribution in [2.45, 2.75) is 38.4 Å². The van der Waals surface area contributed by atoms with E-state index in [0.29, 0.717) is 25.7 Å². The highest BCUT2D eigenvalue weighted by Gasteiger charge is 2.38. The van der Waals surface area contributed by atoms with Crippen LogP contribution in [0.5, 0.6) is 0 Å². The molecule has 31 heavy (non-hydrogen) atoms. The smallest absolute Gasteiger partial charge is 0.475 e. The molecule has 0 bridgehead atoms. The average Bonchev–Trinajstić information content (AvgIpc) is 2.74. The molecule has 2 aliphatic rings. The Labute approximate surface area is 177 Å². The number of carbonyl (C=O) groups is 3. The number of halogens is 3. The number of aliphatic carboxylic acids is 1. The molecule has 0 aromatic heterocycles. The molecule has 1 saturated heterocycles. The molecule has 1 fully saturated rings. The molecule has 1 aromatic carbocycles. The van der Waals surface area contributed by atoms with Gasteiger partial charge >= 0.3 is 12.1 Å². The largest absolute Gasteiger partial charge is 0.490 e. The maximum atomic E-state index is 12.3. The highest BCUT2D eigenvalue weighted by atomic mass is 19.4. The van der Waals surface area contributed by atoms with Crippen LogP contribution in [0.25, 0.3) is 0 Å². The van der Waals surface area contributed by atoms with E-state index in [1.165, 1.54) is 5.56 Å². The van der Waals surface area contributed by atoms with Crippen molar-refractivity contribution in [1.29, 1.82) is 0 Å². The lowest BCUT2D eigenvalue weighted by Gasteiger charge is -2.35. The van der Waals surface area contributed by atoms with E-state index in [1.807, 2.05) is 11.0 Å². The van der Waals surface area contributed by atoms with Gasteiger partial charge in [-0.1, -0.05) is 30.3 Å². The quantitative estimate of drug-likeness (QED) is 0.726. The zero-order valence-corrected chi connectivity index (χ0v) is 16.9. The third kappa shape index (κ3) is 8.75. The summed E-state index contributed by atoms with van der Waals surface area (Å²) in [5.74, 6) is -2.61. The summed E-state index contributed by atoms with van der Waals surface area (Å²) in [6.45, 7) is 4.35. The molecule has 11 heteroatoms. The van der Waals surface area contributed by atoms with Gasteiger partial charge in [0.25, 0.3) is 0 Å². The fourth-order valence-corrected chi connectivity index (χ4v) is 3.10. The van der Waals surface area contributed by atoms with Crippen LogP contribution in [0.4, 0.5) is 13.2 Å². The predicted molar refractivity (Wildman–Crippen MR) is 106 cm³/mol. The van der Waals surface area contributed by atoms with Crippen LogP contribution in [0.3, 0.4) is 0 Å². The normalized spacial score (nSPS) is 17.2. The summed E-state index contributed by atoms with van der Waals surface area (Å²) in [7, 11) is 0. The first kappa shape index (κ1) is 24.3. The van der Waals surface area contributed by atoms with E-state index < -0.39 is 12.1 Å². The lowest BCUT2D eigenvalue weighted by molar-refractivity contribution is -0.192. The number of carboxylic acids is 1. The molecule has 0 radical (unpaired) electrons. The number of benzene rings is 1. The van der Waals surface area contributed by atoms with Gasteiger partial charge in [0.1, 0.15) is 0 Å². The minimum atomic E-state index is -5.08. The van der Waals surface area contributed by atoms with Crippen LogP contribution in [0, 0.1) is 0 Å². The molecule has 8 nitrogen and oxygen atoms in total. The van der Waals surface area contributed by atoms with Gasteiger partial charge in [-0.2, -0.15) is 18.3 Å². The third-order valence-corrected chi connectivity index (χ3v) is 4.82. The number of nitrogens with one attached hydrogen (secondary N) is 1. The minimum Gasteiger partial charge on any atom is -0.475 e. The molecule has 0 atom stereocenters. The summed E-state index contributed by atoms with van der Waals surface area (Å²) in [5.41, 5.74) is 4.72. The Kier molecular flexibility index (Phi) is 8.98. The number of hydrogen-bond donors (Lipinski definition) is 2. The summed E-state index contributed by atoms with van der Waals surface area (Å²) in [6.07, 6.45) is -2.81. The van der Waals surface area contributed by atoms with Gasteiger partial charge in [-0.3, -0.25) is 14.5 Å². The third-order valence-electron chi connectivity index (χ3n) is 4.82. The van der Waals surface area contributed by atoms with Gasteiger partial charge in [0.15, 0.2) is 0 Å². The molecule has 2 aliphatic heterocycles. The second-order valence-electron chi connectivity index (χ2n) is 7.16. The maximum absolute atomic E-state index is 12.3. The Bertz CT molecular complexity index is 791. The first-order valence-electron chi connectivity index (χ1n) is 9.83. The highest BCUT2D eigenvalue weighted by molar-refractivity contribution is 5.94. The minimum absolute atomic E-state index is 0.0420. The fourth-order valence-electron chi connectivity index (χ4n) is 3.10. The molecule has 170 valence electrons. The summed E-state index contributed by atoms with van der Waals surface area (Å²) in [5, 5.41) is 11.1. The van der Waals surface area contributed by atoms with Gasteiger partial charge in [-0.05, 0) is 18.4 Å². The van der Waals surface area contributed by atoms with Gasteiger partial charge in [0.05, 0.1) is 0 Å². The number of hydrazone groups is 1. The number of rotatable bonds is 5. The number of alkyl halides is 3. The van der Waals surface area contributed by atoms with Crippen LogP contribution < -0.4 is 5.43 Å². The van der Waals surface area contributed by atoms with Gasteiger partial charge in [-0.15, -0.1) is 0 Å². The SMILES string of the molecule is O=C(O)C(F)(F)F.O=C1CCC(CCC(=O)N2CCN(Cc3ccccc3)CC2)=NN1. The van der Waals surface area contributed by atoms with Crippen LogP contribution >= 0.6 is 0 Å². The van der Waals surface area contributed by atoms with Crippen molar-refractivity contribution in [2.75, 3.05) is 26.2 Å². The Morgan fingerprint density at radius 2 is 1.68 bits per heavy atom. The topological polar surface area (TPSA) is 102 Å². The first-order chi connectivity index (χ1) is 14.6. The molecule has 2 N–H and O–H groups in total. The molecule has 2 heterocycles. The van der Waals surface area contributed by atoms with Crippen molar-refractivity contribution < 1.29 is 32.7 Å². The summed E-state index contributed by atoms with van der Waals surface area (Å²) in [4.78, 5) is 36.6. The zero-order chi connectivity index (χ0) is 22.9. The van der Waals surface area contributed by atoms with Gasteiger partial charge < -0.3 is 10.0 Å². The van der Waals surface area contributed by atoms with E-state index >= 15 is 0 Å². The number of piperazine rings is 1. The molecular formula is C20H25F3N4O4. The predicted octanol–water partition coefficient (Wildman–Crippen LogP) is 2.01. The Balaban J connectivity index is 0.000000423. The van der Waals surface area contributed by atoms with Crippen molar-refractivity contribution >= 4 is 23.5 Å². The highest BCUT2D eigenvalue weighted by Crippen LogP contribution is 2.13. The van der Waals surface area contributed by atoms with E-state index in [-0.39, 0.29) is 11.8 Å². The molecule has 0 saturated carbocycles. The van der Waals surface area contributed by atoms with E-state index in [2.05, 4.69) is 39.7 Å². The Morgan fingerprint density at radius 1 is 1.06 bits per heavy atom. The van der Waals surface area contributed by atoms with Gasteiger partial charge in [0.2, 0.25) is 11.8 Å². The van der Waals surface area contributed by atoms with Crippen molar-refractivity contribution in [3.05, 3.63) is 35.9 Å². The number of nitrogens with zero attached hydrogens (tertiary/aromatic N) is 3. The Hall–Kier alpha value is -2.95. The van der Waals surface area contributed by atoms with E-state index in [0.717, 1.165) is 38.4 Å². The first-order valence-corrected chi connectivity index (χ1v) is 9.83. The van der Waals surface area contributed by atoms with Crippen LogP contribution in [-0.4, -0.2) is 70.8 Å².